The molecule has 0 aliphatic heterocycles. The van der Waals surface area contributed by atoms with Crippen molar-refractivity contribution in [1.29, 1.82) is 0 Å². The topological polar surface area (TPSA) is 143 Å². The molecule has 5 N–H and O–H groups in total. The molecule has 1 rings (SSSR count). The summed E-state index contributed by atoms with van der Waals surface area (Å²) in [6.07, 6.45) is -1.12. The summed E-state index contributed by atoms with van der Waals surface area (Å²) in [5.41, 5.74) is 5.11. The van der Waals surface area contributed by atoms with Crippen LogP contribution in [0.2, 0.25) is 0 Å². The molecule has 0 aromatic carbocycles. The predicted octanol–water partition coefficient (Wildman–Crippen LogP) is 0.252. The van der Waals surface area contributed by atoms with Gasteiger partial charge in [0.2, 0.25) is 5.82 Å². The number of hydrogen-bond donors (Lipinski definition) is 4. The Morgan fingerprint density at radius 1 is 1.53 bits per heavy atom. The molecular weight excluding hydrogens is 230 g/mol. The van der Waals surface area contributed by atoms with Crippen molar-refractivity contribution in [2.45, 2.75) is 0 Å². The van der Waals surface area contributed by atoms with E-state index in [2.05, 4.69) is 15.6 Å². The Kier molecular flexibility index (Phi) is 4.03. The third kappa shape index (κ3) is 3.81. The van der Waals surface area contributed by atoms with Crippen LogP contribution in [0.5, 0.6) is 0 Å². The number of carbonyl (C=O) groups is 1. The predicted molar refractivity (Wildman–Crippen MR) is 59.8 cm³/mol. The van der Waals surface area contributed by atoms with E-state index in [1.807, 2.05) is 0 Å². The number of anilines is 2. The van der Waals surface area contributed by atoms with Crippen molar-refractivity contribution in [3.05, 3.63) is 22.2 Å². The fraction of sp³-hybridized carbons (Fsp3) is 0.250. The maximum absolute atomic E-state index is 10.5. The molecule has 0 unspecified atom stereocenters. The van der Waals surface area contributed by atoms with E-state index >= 15 is 0 Å². The second-order valence-corrected chi connectivity index (χ2v) is 3.02. The highest BCUT2D eigenvalue weighted by molar-refractivity contribution is 5.64. The number of rotatable bonds is 5. The van der Waals surface area contributed by atoms with Gasteiger partial charge in [0.15, 0.2) is 0 Å². The van der Waals surface area contributed by atoms with Crippen molar-refractivity contribution < 1.29 is 14.8 Å². The van der Waals surface area contributed by atoms with E-state index in [9.17, 15) is 14.9 Å². The molecule has 0 bridgehead atoms. The van der Waals surface area contributed by atoms with Crippen LogP contribution in [0.1, 0.15) is 0 Å². The van der Waals surface area contributed by atoms with E-state index in [-0.39, 0.29) is 18.1 Å². The van der Waals surface area contributed by atoms with Crippen LogP contribution in [0.15, 0.2) is 12.1 Å². The first kappa shape index (κ1) is 12.5. The molecule has 0 aliphatic rings. The lowest BCUT2D eigenvalue weighted by atomic mass is 10.4. The van der Waals surface area contributed by atoms with Gasteiger partial charge in [0.1, 0.15) is 5.82 Å². The number of nitrogen functional groups attached to an aromatic ring is 1. The lowest BCUT2D eigenvalue weighted by molar-refractivity contribution is -0.384. The van der Waals surface area contributed by atoms with Crippen LogP contribution in [0, 0.1) is 10.1 Å². The molecule has 0 atom stereocenters. The minimum absolute atomic E-state index is 0.188. The molecule has 0 aliphatic carbocycles. The molecule has 1 aromatic rings. The Morgan fingerprint density at radius 3 is 2.76 bits per heavy atom. The SMILES string of the molecule is Nc1nc(NCCNC(=O)O)ccc1[N+](=O)[O-]. The van der Waals surface area contributed by atoms with Gasteiger partial charge in [-0.1, -0.05) is 0 Å². The number of pyridine rings is 1. The molecular formula is C8H11N5O4. The third-order valence-electron chi connectivity index (χ3n) is 1.81. The summed E-state index contributed by atoms with van der Waals surface area (Å²) >= 11 is 0. The molecule has 1 heterocycles. The highest BCUT2D eigenvalue weighted by atomic mass is 16.6. The van der Waals surface area contributed by atoms with Gasteiger partial charge in [0, 0.05) is 19.2 Å². The molecule has 0 saturated carbocycles. The Labute approximate surface area is 95.8 Å². The monoisotopic (exact) mass is 241 g/mol. The van der Waals surface area contributed by atoms with Crippen LogP contribution in [0.3, 0.4) is 0 Å². The van der Waals surface area contributed by atoms with Crippen LogP contribution < -0.4 is 16.4 Å². The third-order valence-corrected chi connectivity index (χ3v) is 1.81. The van der Waals surface area contributed by atoms with Gasteiger partial charge < -0.3 is 21.5 Å². The average Bonchev–Trinajstić information content (AvgIpc) is 2.23. The Morgan fingerprint density at radius 2 is 2.24 bits per heavy atom. The number of aromatic nitrogens is 1. The summed E-state index contributed by atoms with van der Waals surface area (Å²) in [7, 11) is 0. The van der Waals surface area contributed by atoms with Crippen molar-refractivity contribution in [2.24, 2.45) is 0 Å². The molecule has 0 spiro atoms. The lowest BCUT2D eigenvalue weighted by Gasteiger charge is -2.05. The summed E-state index contributed by atoms with van der Waals surface area (Å²) in [6.45, 7) is 0.491. The van der Waals surface area contributed by atoms with Gasteiger partial charge >= 0.3 is 11.8 Å². The second-order valence-electron chi connectivity index (χ2n) is 3.02. The van der Waals surface area contributed by atoms with Crippen LogP contribution in [0.25, 0.3) is 0 Å². The first-order chi connectivity index (χ1) is 8.00. The Hall–Kier alpha value is -2.58. The standard InChI is InChI=1S/C8H11N5O4/c9-7-5(13(16)17)1-2-6(12-7)10-3-4-11-8(14)15/h1-2,11H,3-4H2,(H,14,15)(H3,9,10,12). The quantitative estimate of drug-likeness (QED) is 0.328. The normalized spacial score (nSPS) is 9.65. The first-order valence-corrected chi connectivity index (χ1v) is 4.62. The van der Waals surface area contributed by atoms with Gasteiger partial charge in [0.25, 0.3) is 0 Å². The van der Waals surface area contributed by atoms with Crippen molar-refractivity contribution in [2.75, 3.05) is 24.1 Å². The molecule has 9 nitrogen and oxygen atoms in total. The number of nitro groups is 1. The summed E-state index contributed by atoms with van der Waals surface area (Å²) in [5.74, 6) is 0.159. The van der Waals surface area contributed by atoms with E-state index in [0.717, 1.165) is 0 Å². The highest BCUT2D eigenvalue weighted by Crippen LogP contribution is 2.20. The van der Waals surface area contributed by atoms with Gasteiger partial charge in [-0.2, -0.15) is 0 Å². The van der Waals surface area contributed by atoms with Gasteiger partial charge in [0.05, 0.1) is 4.92 Å². The van der Waals surface area contributed by atoms with Crippen LogP contribution in [0.4, 0.5) is 22.1 Å². The molecule has 0 fully saturated rings. The van der Waals surface area contributed by atoms with E-state index in [0.29, 0.717) is 12.4 Å². The number of nitrogens with two attached hydrogens (primary N) is 1. The van der Waals surface area contributed by atoms with Crippen molar-refractivity contribution >= 4 is 23.4 Å². The molecule has 17 heavy (non-hydrogen) atoms. The maximum Gasteiger partial charge on any atom is 0.404 e. The number of nitrogens with zero attached hydrogens (tertiary/aromatic N) is 2. The number of carboxylic acid groups (broad SMARTS) is 1. The molecule has 0 radical (unpaired) electrons. The van der Waals surface area contributed by atoms with Crippen LogP contribution in [-0.4, -0.2) is 34.2 Å². The average molecular weight is 241 g/mol. The van der Waals surface area contributed by atoms with Gasteiger partial charge in [-0.25, -0.2) is 9.78 Å². The zero-order valence-electron chi connectivity index (χ0n) is 8.71. The Balaban J connectivity index is 2.53. The molecule has 0 saturated heterocycles. The second kappa shape index (κ2) is 5.49. The number of amides is 1. The molecule has 92 valence electrons. The number of hydrogen-bond acceptors (Lipinski definition) is 6. The van der Waals surface area contributed by atoms with E-state index < -0.39 is 11.0 Å². The summed E-state index contributed by atoms with van der Waals surface area (Å²) < 4.78 is 0. The van der Waals surface area contributed by atoms with E-state index in [1.165, 1.54) is 12.1 Å². The van der Waals surface area contributed by atoms with Crippen molar-refractivity contribution in [3.63, 3.8) is 0 Å². The number of nitrogens with one attached hydrogen (secondary N) is 2. The largest absolute Gasteiger partial charge is 0.465 e. The van der Waals surface area contributed by atoms with Gasteiger partial charge in [-0.3, -0.25) is 10.1 Å². The van der Waals surface area contributed by atoms with E-state index in [1.54, 1.807) is 0 Å². The Bertz CT molecular complexity index is 436. The zero-order valence-corrected chi connectivity index (χ0v) is 8.71. The first-order valence-electron chi connectivity index (χ1n) is 4.62. The summed E-state index contributed by atoms with van der Waals surface area (Å²) in [5, 5.41) is 23.7. The van der Waals surface area contributed by atoms with Gasteiger partial charge in [-0.05, 0) is 6.07 Å². The minimum Gasteiger partial charge on any atom is -0.465 e. The van der Waals surface area contributed by atoms with Crippen molar-refractivity contribution in [3.8, 4) is 0 Å². The molecule has 9 heteroatoms. The summed E-state index contributed by atoms with van der Waals surface area (Å²) in [6, 6.07) is 2.63. The molecule has 1 aromatic heterocycles. The molecule has 1 amide bonds. The summed E-state index contributed by atoms with van der Waals surface area (Å²) in [4.78, 5) is 23.7. The maximum atomic E-state index is 10.5. The van der Waals surface area contributed by atoms with Crippen molar-refractivity contribution in [1.82, 2.24) is 10.3 Å². The zero-order chi connectivity index (χ0) is 12.8. The smallest absolute Gasteiger partial charge is 0.404 e. The minimum atomic E-state index is -1.12. The fourth-order valence-electron chi connectivity index (χ4n) is 1.08. The fourth-order valence-corrected chi connectivity index (χ4v) is 1.08. The van der Waals surface area contributed by atoms with Gasteiger partial charge in [-0.15, -0.1) is 0 Å². The van der Waals surface area contributed by atoms with E-state index in [4.69, 9.17) is 10.8 Å². The van der Waals surface area contributed by atoms with Crippen LogP contribution >= 0.6 is 0 Å². The highest BCUT2D eigenvalue weighted by Gasteiger charge is 2.12. The van der Waals surface area contributed by atoms with Crippen LogP contribution in [-0.2, 0) is 0 Å². The lowest BCUT2D eigenvalue weighted by Crippen LogP contribution is -2.27.